The van der Waals surface area contributed by atoms with Gasteiger partial charge in [0.1, 0.15) is 5.69 Å². The standard InChI is InChI=1S/C16H12ClN3O2/c17-13-11-8-4-5-9-12(11)18-14(13)16(22)20-19-15(21)10-6-2-1-3-7-10/h1-9,18H,(H,19,21)(H,20,22). The van der Waals surface area contributed by atoms with Crippen LogP contribution >= 0.6 is 11.6 Å². The van der Waals surface area contributed by atoms with Crippen molar-refractivity contribution in [1.82, 2.24) is 15.8 Å². The highest BCUT2D eigenvalue weighted by Gasteiger charge is 2.16. The van der Waals surface area contributed by atoms with Crippen molar-refractivity contribution in [3.63, 3.8) is 0 Å². The van der Waals surface area contributed by atoms with Crippen LogP contribution < -0.4 is 10.9 Å². The summed E-state index contributed by atoms with van der Waals surface area (Å²) in [5.74, 6) is -0.910. The minimum absolute atomic E-state index is 0.205. The number of aromatic amines is 1. The Hall–Kier alpha value is -2.79. The van der Waals surface area contributed by atoms with E-state index in [1.807, 2.05) is 24.3 Å². The molecule has 0 saturated heterocycles. The second-order valence-electron chi connectivity index (χ2n) is 4.63. The van der Waals surface area contributed by atoms with Crippen LogP contribution in [0.5, 0.6) is 0 Å². The van der Waals surface area contributed by atoms with E-state index in [0.717, 1.165) is 10.9 Å². The van der Waals surface area contributed by atoms with Crippen LogP contribution in [0.15, 0.2) is 54.6 Å². The Kier molecular flexibility index (Phi) is 3.80. The molecular weight excluding hydrogens is 302 g/mol. The normalized spacial score (nSPS) is 10.4. The molecule has 0 aliphatic carbocycles. The number of aromatic nitrogens is 1. The van der Waals surface area contributed by atoms with Crippen molar-refractivity contribution >= 4 is 34.3 Å². The number of amides is 2. The van der Waals surface area contributed by atoms with Crippen LogP contribution in [-0.4, -0.2) is 16.8 Å². The van der Waals surface area contributed by atoms with Gasteiger partial charge in [0.2, 0.25) is 0 Å². The van der Waals surface area contributed by atoms with Crippen molar-refractivity contribution in [3.8, 4) is 0 Å². The van der Waals surface area contributed by atoms with Gasteiger partial charge in [-0.15, -0.1) is 0 Å². The molecule has 6 heteroatoms. The average molecular weight is 314 g/mol. The summed E-state index contributed by atoms with van der Waals surface area (Å²) in [4.78, 5) is 26.9. The third kappa shape index (κ3) is 2.66. The zero-order valence-electron chi connectivity index (χ0n) is 11.4. The molecule has 0 radical (unpaired) electrons. The summed E-state index contributed by atoms with van der Waals surface area (Å²) in [5.41, 5.74) is 6.11. The number of hydrogen-bond acceptors (Lipinski definition) is 2. The van der Waals surface area contributed by atoms with Gasteiger partial charge >= 0.3 is 0 Å². The van der Waals surface area contributed by atoms with E-state index >= 15 is 0 Å². The molecule has 2 aromatic carbocycles. The summed E-state index contributed by atoms with van der Waals surface area (Å²) in [6.07, 6.45) is 0. The molecule has 0 aliphatic rings. The number of halogens is 1. The number of benzene rings is 2. The molecule has 3 N–H and O–H groups in total. The lowest BCUT2D eigenvalue weighted by Gasteiger charge is -2.06. The van der Waals surface area contributed by atoms with E-state index < -0.39 is 11.8 Å². The number of rotatable bonds is 2. The summed E-state index contributed by atoms with van der Waals surface area (Å²) >= 11 is 6.18. The van der Waals surface area contributed by atoms with Crippen LogP contribution in [0.1, 0.15) is 20.8 Å². The van der Waals surface area contributed by atoms with Gasteiger partial charge < -0.3 is 4.98 Å². The van der Waals surface area contributed by atoms with Gasteiger partial charge in [-0.3, -0.25) is 20.4 Å². The molecule has 5 nitrogen and oxygen atoms in total. The predicted molar refractivity (Wildman–Crippen MR) is 84.7 cm³/mol. The Bertz CT molecular complexity index is 843. The predicted octanol–water partition coefficient (Wildman–Crippen LogP) is 2.90. The molecule has 0 unspecified atom stereocenters. The van der Waals surface area contributed by atoms with Gasteiger partial charge in [0, 0.05) is 16.5 Å². The summed E-state index contributed by atoms with van der Waals surface area (Å²) in [7, 11) is 0. The number of H-pyrrole nitrogens is 1. The third-order valence-electron chi connectivity index (χ3n) is 3.20. The van der Waals surface area contributed by atoms with Crippen LogP contribution in [0.2, 0.25) is 5.02 Å². The molecule has 0 aliphatic heterocycles. The maximum Gasteiger partial charge on any atom is 0.287 e. The zero-order valence-corrected chi connectivity index (χ0v) is 12.1. The van der Waals surface area contributed by atoms with E-state index in [2.05, 4.69) is 15.8 Å². The van der Waals surface area contributed by atoms with E-state index in [0.29, 0.717) is 10.6 Å². The summed E-state index contributed by atoms with van der Waals surface area (Å²) in [6, 6.07) is 15.9. The fraction of sp³-hybridized carbons (Fsp3) is 0. The molecule has 0 saturated carbocycles. The van der Waals surface area contributed by atoms with Crippen molar-refractivity contribution in [3.05, 3.63) is 70.9 Å². The van der Waals surface area contributed by atoms with Gasteiger partial charge in [0.05, 0.1) is 5.02 Å². The van der Waals surface area contributed by atoms with E-state index in [4.69, 9.17) is 11.6 Å². The van der Waals surface area contributed by atoms with E-state index in [9.17, 15) is 9.59 Å². The molecule has 3 aromatic rings. The van der Waals surface area contributed by atoms with Gasteiger partial charge in [-0.1, -0.05) is 48.0 Å². The average Bonchev–Trinajstić information content (AvgIpc) is 2.90. The summed E-state index contributed by atoms with van der Waals surface area (Å²) in [6.45, 7) is 0. The van der Waals surface area contributed by atoms with Crippen molar-refractivity contribution in [2.75, 3.05) is 0 Å². The van der Waals surface area contributed by atoms with Crippen LogP contribution in [0.4, 0.5) is 0 Å². The first kappa shape index (κ1) is 14.2. The Balaban J connectivity index is 1.74. The lowest BCUT2D eigenvalue weighted by Crippen LogP contribution is -2.41. The number of fused-ring (bicyclic) bond motifs is 1. The van der Waals surface area contributed by atoms with Gasteiger partial charge in [-0.25, -0.2) is 0 Å². The molecule has 110 valence electrons. The molecule has 3 rings (SSSR count). The zero-order chi connectivity index (χ0) is 15.5. The van der Waals surface area contributed by atoms with Crippen LogP contribution in [0, 0.1) is 0 Å². The maximum absolute atomic E-state index is 12.1. The van der Waals surface area contributed by atoms with Crippen molar-refractivity contribution in [2.45, 2.75) is 0 Å². The maximum atomic E-state index is 12.1. The Morgan fingerprint density at radius 3 is 2.23 bits per heavy atom. The van der Waals surface area contributed by atoms with Crippen molar-refractivity contribution in [2.24, 2.45) is 0 Å². The number of para-hydroxylation sites is 1. The quantitative estimate of drug-likeness (QED) is 0.636. The molecule has 1 aromatic heterocycles. The van der Waals surface area contributed by atoms with E-state index in [-0.39, 0.29) is 5.69 Å². The van der Waals surface area contributed by atoms with Gasteiger partial charge in [0.15, 0.2) is 0 Å². The van der Waals surface area contributed by atoms with Crippen LogP contribution in [0.3, 0.4) is 0 Å². The Labute approximate surface area is 131 Å². The monoisotopic (exact) mass is 313 g/mol. The molecule has 0 atom stereocenters. The minimum Gasteiger partial charge on any atom is -0.349 e. The smallest absolute Gasteiger partial charge is 0.287 e. The number of hydrazine groups is 1. The largest absolute Gasteiger partial charge is 0.349 e. The SMILES string of the molecule is O=C(NNC(=O)c1[nH]c2ccccc2c1Cl)c1ccccc1. The first-order chi connectivity index (χ1) is 10.7. The molecule has 2 amide bonds. The number of carbonyl (C=O) groups excluding carboxylic acids is 2. The second kappa shape index (κ2) is 5.91. The van der Waals surface area contributed by atoms with E-state index in [1.54, 1.807) is 30.3 Å². The first-order valence-electron chi connectivity index (χ1n) is 6.59. The highest BCUT2D eigenvalue weighted by Crippen LogP contribution is 2.26. The second-order valence-corrected chi connectivity index (χ2v) is 5.01. The summed E-state index contributed by atoms with van der Waals surface area (Å²) in [5, 5.41) is 1.07. The first-order valence-corrected chi connectivity index (χ1v) is 6.96. The Morgan fingerprint density at radius 1 is 0.864 bits per heavy atom. The van der Waals surface area contributed by atoms with Crippen LogP contribution in [-0.2, 0) is 0 Å². The fourth-order valence-electron chi connectivity index (χ4n) is 2.10. The number of carbonyl (C=O) groups is 2. The van der Waals surface area contributed by atoms with E-state index in [1.165, 1.54) is 0 Å². The Morgan fingerprint density at radius 2 is 1.50 bits per heavy atom. The fourth-order valence-corrected chi connectivity index (χ4v) is 2.40. The highest BCUT2D eigenvalue weighted by molar-refractivity contribution is 6.38. The van der Waals surface area contributed by atoms with Crippen LogP contribution in [0.25, 0.3) is 10.9 Å². The van der Waals surface area contributed by atoms with Gasteiger partial charge in [-0.05, 0) is 18.2 Å². The number of hydrogen-bond donors (Lipinski definition) is 3. The molecule has 0 spiro atoms. The lowest BCUT2D eigenvalue weighted by atomic mass is 10.2. The molecule has 22 heavy (non-hydrogen) atoms. The molecule has 1 heterocycles. The topological polar surface area (TPSA) is 74.0 Å². The highest BCUT2D eigenvalue weighted by atomic mass is 35.5. The van der Waals surface area contributed by atoms with Crippen molar-refractivity contribution in [1.29, 1.82) is 0 Å². The molecule has 0 bridgehead atoms. The third-order valence-corrected chi connectivity index (χ3v) is 3.59. The van der Waals surface area contributed by atoms with Crippen molar-refractivity contribution < 1.29 is 9.59 Å². The molecule has 0 fully saturated rings. The lowest BCUT2D eigenvalue weighted by molar-refractivity contribution is 0.0844. The number of nitrogens with one attached hydrogen (secondary N) is 3. The van der Waals surface area contributed by atoms with Gasteiger partial charge in [-0.2, -0.15) is 0 Å². The molecular formula is C16H12ClN3O2. The summed E-state index contributed by atoms with van der Waals surface area (Å²) < 4.78 is 0. The minimum atomic E-state index is -0.509. The van der Waals surface area contributed by atoms with Gasteiger partial charge in [0.25, 0.3) is 11.8 Å².